The van der Waals surface area contributed by atoms with Gasteiger partial charge in [0.05, 0.1) is 7.11 Å². The van der Waals surface area contributed by atoms with Gasteiger partial charge in [-0.05, 0) is 24.7 Å². The Morgan fingerprint density at radius 3 is 2.59 bits per heavy atom. The van der Waals surface area contributed by atoms with Crippen molar-refractivity contribution < 1.29 is 19.1 Å². The molecule has 1 rings (SSSR count). The lowest BCUT2D eigenvalue weighted by molar-refractivity contribution is -0.121. The fraction of sp³-hybridized carbons (Fsp3) is 0.429. The number of carbonyl (C=O) groups excluding carboxylic acids is 2. The molecule has 0 aliphatic heterocycles. The Morgan fingerprint density at radius 2 is 2.00 bits per heavy atom. The van der Waals surface area contributed by atoms with Gasteiger partial charge in [0.25, 0.3) is 5.91 Å². The summed E-state index contributed by atoms with van der Waals surface area (Å²) in [5.41, 5.74) is 5.90. The van der Waals surface area contributed by atoms with Crippen molar-refractivity contribution in [1.29, 1.82) is 0 Å². The lowest BCUT2D eigenvalue weighted by Crippen LogP contribution is -2.26. The van der Waals surface area contributed by atoms with Gasteiger partial charge in [-0.3, -0.25) is 9.59 Å². The van der Waals surface area contributed by atoms with E-state index in [2.05, 4.69) is 10.6 Å². The van der Waals surface area contributed by atoms with E-state index in [1.807, 2.05) is 0 Å². The quantitative estimate of drug-likeness (QED) is 0.600. The van der Waals surface area contributed by atoms with E-state index in [1.54, 1.807) is 25.2 Å². The van der Waals surface area contributed by atoms with E-state index >= 15 is 0 Å². The molecule has 7 nitrogen and oxygen atoms in total. The summed E-state index contributed by atoms with van der Waals surface area (Å²) < 4.78 is 10.4. The topological polar surface area (TPSA) is 103 Å². The van der Waals surface area contributed by atoms with Crippen LogP contribution in [0.15, 0.2) is 18.2 Å². The summed E-state index contributed by atoms with van der Waals surface area (Å²) in [5.74, 6) is 0.329. The van der Waals surface area contributed by atoms with Crippen molar-refractivity contribution in [1.82, 2.24) is 10.6 Å². The van der Waals surface area contributed by atoms with E-state index in [0.29, 0.717) is 31.0 Å². The van der Waals surface area contributed by atoms with Crippen LogP contribution in [0.1, 0.15) is 12.0 Å². The normalized spacial score (nSPS) is 9.55. The molecule has 2 amide bonds. The van der Waals surface area contributed by atoms with Crippen LogP contribution < -0.4 is 25.8 Å². The molecule has 124 valence electrons. The summed E-state index contributed by atoms with van der Waals surface area (Å²) in [6.07, 6.45) is 0.424. The fourth-order valence-corrected chi connectivity index (χ4v) is 1.62. The first-order valence-electron chi connectivity index (χ1n) is 6.56. The van der Waals surface area contributed by atoms with Crippen molar-refractivity contribution in [2.45, 2.75) is 13.0 Å². The molecule has 0 aliphatic rings. The third-order valence-electron chi connectivity index (χ3n) is 2.69. The largest absolute Gasteiger partial charge is 0.493 e. The second kappa shape index (κ2) is 10.7. The number of halogens is 1. The summed E-state index contributed by atoms with van der Waals surface area (Å²) in [5, 5.41) is 5.72. The molecule has 0 bridgehead atoms. The van der Waals surface area contributed by atoms with Crippen molar-refractivity contribution in [3.05, 3.63) is 23.8 Å². The maximum Gasteiger partial charge on any atom is 0.255 e. The molecule has 0 radical (unpaired) electrons. The van der Waals surface area contributed by atoms with E-state index in [1.165, 1.54) is 7.11 Å². The third kappa shape index (κ3) is 7.14. The average molecular weight is 332 g/mol. The zero-order valence-electron chi connectivity index (χ0n) is 12.7. The van der Waals surface area contributed by atoms with Crippen LogP contribution in [0.3, 0.4) is 0 Å². The molecule has 0 saturated heterocycles. The molecule has 0 unspecified atom stereocenters. The summed E-state index contributed by atoms with van der Waals surface area (Å²) in [7, 11) is 3.30. The minimum atomic E-state index is -0.557. The molecule has 8 heteroatoms. The van der Waals surface area contributed by atoms with Gasteiger partial charge < -0.3 is 25.8 Å². The van der Waals surface area contributed by atoms with Gasteiger partial charge in [0.1, 0.15) is 0 Å². The molecular weight excluding hydrogens is 310 g/mol. The number of benzene rings is 1. The highest BCUT2D eigenvalue weighted by molar-refractivity contribution is 5.85. The predicted molar refractivity (Wildman–Crippen MR) is 85.3 cm³/mol. The second-order valence-electron chi connectivity index (χ2n) is 4.37. The maximum absolute atomic E-state index is 11.5. The van der Waals surface area contributed by atoms with Crippen molar-refractivity contribution in [3.63, 3.8) is 0 Å². The first-order chi connectivity index (χ1) is 10.1. The number of carbonyl (C=O) groups is 2. The maximum atomic E-state index is 11.5. The molecular formula is C14H22ClN3O4. The first kappa shape index (κ1) is 20.0. The summed E-state index contributed by atoms with van der Waals surface area (Å²) >= 11 is 0. The zero-order valence-corrected chi connectivity index (χ0v) is 13.5. The van der Waals surface area contributed by atoms with Crippen LogP contribution >= 0.6 is 12.4 Å². The van der Waals surface area contributed by atoms with Crippen LogP contribution in [0, 0.1) is 0 Å². The Morgan fingerprint density at radius 1 is 1.27 bits per heavy atom. The number of ether oxygens (including phenoxy) is 2. The van der Waals surface area contributed by atoms with Crippen LogP contribution in [0.4, 0.5) is 0 Å². The van der Waals surface area contributed by atoms with Crippen molar-refractivity contribution in [3.8, 4) is 11.5 Å². The summed E-state index contributed by atoms with van der Waals surface area (Å²) in [6, 6.07) is 5.21. The first-order valence-corrected chi connectivity index (χ1v) is 6.56. The van der Waals surface area contributed by atoms with Crippen molar-refractivity contribution >= 4 is 24.2 Å². The summed E-state index contributed by atoms with van der Waals surface area (Å²) in [6.45, 7) is 0.820. The number of amides is 2. The lowest BCUT2D eigenvalue weighted by Gasteiger charge is -2.11. The molecule has 4 N–H and O–H groups in total. The van der Waals surface area contributed by atoms with E-state index in [4.69, 9.17) is 15.2 Å². The van der Waals surface area contributed by atoms with Gasteiger partial charge in [-0.2, -0.15) is 0 Å². The second-order valence-corrected chi connectivity index (χ2v) is 4.37. The zero-order chi connectivity index (χ0) is 15.7. The number of nitrogens with one attached hydrogen (secondary N) is 2. The van der Waals surface area contributed by atoms with E-state index < -0.39 is 5.91 Å². The van der Waals surface area contributed by atoms with Gasteiger partial charge in [0.2, 0.25) is 5.91 Å². The highest BCUT2D eigenvalue weighted by Crippen LogP contribution is 2.27. The van der Waals surface area contributed by atoms with E-state index in [9.17, 15) is 9.59 Å². The Balaban J connectivity index is 0.00000441. The molecule has 0 aliphatic carbocycles. The van der Waals surface area contributed by atoms with Crippen LogP contribution in [-0.2, 0) is 16.1 Å². The monoisotopic (exact) mass is 331 g/mol. The van der Waals surface area contributed by atoms with Gasteiger partial charge >= 0.3 is 0 Å². The smallest absolute Gasteiger partial charge is 0.255 e. The van der Waals surface area contributed by atoms with E-state index in [0.717, 1.165) is 5.56 Å². The SMILES string of the molecule is CNCCC(=O)NCc1ccc(OCC(N)=O)c(OC)c1.Cl. The Hall–Kier alpha value is -1.99. The van der Waals surface area contributed by atoms with Gasteiger partial charge in [0, 0.05) is 19.5 Å². The van der Waals surface area contributed by atoms with Crippen LogP contribution in [0.5, 0.6) is 11.5 Å². The van der Waals surface area contributed by atoms with E-state index in [-0.39, 0.29) is 24.9 Å². The number of hydrogen-bond donors (Lipinski definition) is 3. The average Bonchev–Trinajstić information content (AvgIpc) is 2.48. The van der Waals surface area contributed by atoms with Gasteiger partial charge in [-0.25, -0.2) is 0 Å². The Labute approximate surface area is 135 Å². The Bertz CT molecular complexity index is 497. The molecule has 1 aromatic carbocycles. The summed E-state index contributed by atoms with van der Waals surface area (Å²) in [4.78, 5) is 22.2. The van der Waals surface area contributed by atoms with Crippen molar-refractivity contribution in [2.75, 3.05) is 27.3 Å². The van der Waals surface area contributed by atoms with Crippen molar-refractivity contribution in [2.24, 2.45) is 5.73 Å². The van der Waals surface area contributed by atoms with Gasteiger partial charge in [0.15, 0.2) is 18.1 Å². The van der Waals surface area contributed by atoms with Crippen LogP contribution in [0.2, 0.25) is 0 Å². The highest BCUT2D eigenvalue weighted by atomic mass is 35.5. The van der Waals surface area contributed by atoms with Gasteiger partial charge in [-0.1, -0.05) is 6.07 Å². The number of methoxy groups -OCH3 is 1. The number of hydrogen-bond acceptors (Lipinski definition) is 5. The van der Waals surface area contributed by atoms with Crippen LogP contribution in [0.25, 0.3) is 0 Å². The molecule has 0 aromatic heterocycles. The molecule has 0 saturated carbocycles. The van der Waals surface area contributed by atoms with Crippen LogP contribution in [-0.4, -0.2) is 39.1 Å². The molecule has 0 atom stereocenters. The molecule has 1 aromatic rings. The molecule has 22 heavy (non-hydrogen) atoms. The minimum Gasteiger partial charge on any atom is -0.493 e. The number of primary amides is 1. The van der Waals surface area contributed by atoms with Gasteiger partial charge in [-0.15, -0.1) is 12.4 Å². The molecule has 0 fully saturated rings. The highest BCUT2D eigenvalue weighted by Gasteiger charge is 2.08. The standard InChI is InChI=1S/C14H21N3O4.ClH/c1-16-6-5-14(19)17-8-10-3-4-11(12(7-10)20-2)21-9-13(15)18;/h3-4,7,16H,5-6,8-9H2,1-2H3,(H2,15,18)(H,17,19);1H. The Kier molecular flexibility index (Phi) is 9.73. The fourth-order valence-electron chi connectivity index (χ4n) is 1.62. The third-order valence-corrected chi connectivity index (χ3v) is 2.69. The number of rotatable bonds is 9. The lowest BCUT2D eigenvalue weighted by atomic mass is 10.2. The number of nitrogens with two attached hydrogens (primary N) is 1. The predicted octanol–water partition coefficient (Wildman–Crippen LogP) is 0.207. The minimum absolute atomic E-state index is 0. The molecule has 0 heterocycles. The molecule has 0 spiro atoms.